The van der Waals surface area contributed by atoms with Crippen molar-refractivity contribution in [1.82, 2.24) is 10.2 Å². The summed E-state index contributed by atoms with van der Waals surface area (Å²) in [5.41, 5.74) is -0.255. The zero-order chi connectivity index (χ0) is 13.1. The first kappa shape index (κ1) is 11.9. The van der Waals surface area contributed by atoms with E-state index in [1.54, 1.807) is 0 Å². The Morgan fingerprint density at radius 1 is 1.22 bits per heavy atom. The number of carbonyl (C=O) groups is 1. The highest BCUT2D eigenvalue weighted by atomic mass is 19.1. The van der Waals surface area contributed by atoms with Crippen LogP contribution in [0.4, 0.5) is 8.78 Å². The number of halogens is 2. The van der Waals surface area contributed by atoms with Crippen LogP contribution in [-0.2, 0) is 0 Å². The fourth-order valence-electron chi connectivity index (χ4n) is 1.26. The molecule has 1 aromatic carbocycles. The Bertz CT molecular complexity index is 584. The van der Waals surface area contributed by atoms with E-state index in [2.05, 4.69) is 10.2 Å². The Balaban J connectivity index is 2.37. The van der Waals surface area contributed by atoms with E-state index in [-0.39, 0.29) is 17.2 Å². The predicted molar refractivity (Wildman–Crippen MR) is 55.4 cm³/mol. The van der Waals surface area contributed by atoms with Crippen LogP contribution >= 0.6 is 0 Å². The average Bonchev–Trinajstić information content (AvgIpc) is 2.27. The largest absolute Gasteiger partial charge is 0.477 e. The van der Waals surface area contributed by atoms with Gasteiger partial charge in [0.1, 0.15) is 22.9 Å². The molecule has 0 radical (unpaired) electrons. The van der Waals surface area contributed by atoms with Crippen molar-refractivity contribution in [3.8, 4) is 11.6 Å². The predicted octanol–water partition coefficient (Wildman–Crippen LogP) is 2.25. The lowest BCUT2D eigenvalue weighted by molar-refractivity contribution is 0.0693. The van der Waals surface area contributed by atoms with Crippen molar-refractivity contribution in [2.75, 3.05) is 0 Å². The van der Waals surface area contributed by atoms with Gasteiger partial charge in [0.15, 0.2) is 0 Å². The Morgan fingerprint density at radius 3 is 2.50 bits per heavy atom. The molecule has 2 aromatic rings. The molecule has 0 saturated carbocycles. The fraction of sp³-hybridized carbons (Fsp3) is 0. The van der Waals surface area contributed by atoms with E-state index in [0.29, 0.717) is 6.07 Å². The Hall–Kier alpha value is -2.57. The molecule has 0 amide bonds. The summed E-state index contributed by atoms with van der Waals surface area (Å²) >= 11 is 0. The summed E-state index contributed by atoms with van der Waals surface area (Å²) in [5.74, 6) is -3.50. The van der Waals surface area contributed by atoms with Crippen LogP contribution in [0.25, 0.3) is 0 Å². The van der Waals surface area contributed by atoms with Crippen LogP contribution in [0.3, 0.4) is 0 Å². The Labute approximate surface area is 99.7 Å². The Morgan fingerprint density at radius 2 is 1.89 bits per heavy atom. The van der Waals surface area contributed by atoms with Crippen molar-refractivity contribution < 1.29 is 23.4 Å². The number of rotatable bonds is 3. The summed E-state index contributed by atoms with van der Waals surface area (Å²) < 4.78 is 30.8. The molecule has 0 atom stereocenters. The minimum absolute atomic E-state index is 0.199. The van der Waals surface area contributed by atoms with Crippen molar-refractivity contribution >= 4 is 5.97 Å². The molecule has 0 aliphatic rings. The third-order valence-electron chi connectivity index (χ3n) is 1.97. The van der Waals surface area contributed by atoms with Gasteiger partial charge in [-0.2, -0.15) is 5.10 Å². The number of hydrogen-bond donors (Lipinski definition) is 1. The molecular formula is C11H6F2N2O3. The van der Waals surface area contributed by atoms with E-state index < -0.39 is 17.6 Å². The minimum Gasteiger partial charge on any atom is -0.477 e. The van der Waals surface area contributed by atoms with Gasteiger partial charge in [-0.15, -0.1) is 5.10 Å². The van der Waals surface area contributed by atoms with E-state index in [1.807, 2.05) is 0 Å². The molecule has 1 heterocycles. The SMILES string of the molecule is O=C(O)c1ccnnc1Oc1cc(F)cc(F)c1. The molecule has 5 nitrogen and oxygen atoms in total. The first-order valence-corrected chi connectivity index (χ1v) is 4.75. The second kappa shape index (κ2) is 4.74. The summed E-state index contributed by atoms with van der Waals surface area (Å²) in [7, 11) is 0. The van der Waals surface area contributed by atoms with Crippen LogP contribution in [0.15, 0.2) is 30.5 Å². The number of nitrogens with zero attached hydrogens (tertiary/aromatic N) is 2. The second-order valence-electron chi connectivity index (χ2n) is 3.26. The maximum Gasteiger partial charge on any atom is 0.341 e. The monoisotopic (exact) mass is 252 g/mol. The van der Waals surface area contributed by atoms with Gasteiger partial charge in [-0.1, -0.05) is 0 Å². The zero-order valence-electron chi connectivity index (χ0n) is 8.80. The molecular weight excluding hydrogens is 246 g/mol. The number of carboxylic acid groups (broad SMARTS) is 1. The summed E-state index contributed by atoms with van der Waals surface area (Å²) in [5, 5.41) is 15.8. The van der Waals surface area contributed by atoms with Crippen LogP contribution in [0, 0.1) is 11.6 Å². The minimum atomic E-state index is -1.28. The van der Waals surface area contributed by atoms with Crippen LogP contribution in [0.2, 0.25) is 0 Å². The quantitative estimate of drug-likeness (QED) is 0.906. The van der Waals surface area contributed by atoms with Gasteiger partial charge >= 0.3 is 5.97 Å². The summed E-state index contributed by atoms with van der Waals surface area (Å²) in [6, 6.07) is 3.65. The molecule has 0 bridgehead atoms. The maximum absolute atomic E-state index is 12.9. The highest BCUT2D eigenvalue weighted by Crippen LogP contribution is 2.23. The molecule has 7 heteroatoms. The van der Waals surface area contributed by atoms with Crippen LogP contribution < -0.4 is 4.74 Å². The zero-order valence-corrected chi connectivity index (χ0v) is 8.80. The van der Waals surface area contributed by atoms with Crippen LogP contribution in [0.5, 0.6) is 11.6 Å². The third-order valence-corrected chi connectivity index (χ3v) is 1.97. The van der Waals surface area contributed by atoms with Crippen molar-refractivity contribution in [1.29, 1.82) is 0 Å². The number of aromatic carboxylic acids is 1. The van der Waals surface area contributed by atoms with Crippen molar-refractivity contribution in [3.63, 3.8) is 0 Å². The van der Waals surface area contributed by atoms with E-state index >= 15 is 0 Å². The van der Waals surface area contributed by atoms with Crippen molar-refractivity contribution in [3.05, 3.63) is 47.7 Å². The molecule has 18 heavy (non-hydrogen) atoms. The van der Waals surface area contributed by atoms with Gasteiger partial charge in [0.25, 0.3) is 5.88 Å². The first-order chi connectivity index (χ1) is 8.56. The number of carboxylic acids is 1. The summed E-state index contributed by atoms with van der Waals surface area (Å²) in [6.45, 7) is 0. The van der Waals surface area contributed by atoms with E-state index in [1.165, 1.54) is 12.3 Å². The highest BCUT2D eigenvalue weighted by molar-refractivity contribution is 5.90. The first-order valence-electron chi connectivity index (χ1n) is 4.75. The second-order valence-corrected chi connectivity index (χ2v) is 3.26. The molecule has 92 valence electrons. The lowest BCUT2D eigenvalue weighted by Crippen LogP contribution is -2.03. The van der Waals surface area contributed by atoms with Crippen molar-refractivity contribution in [2.45, 2.75) is 0 Å². The van der Waals surface area contributed by atoms with Crippen LogP contribution in [0.1, 0.15) is 10.4 Å². The molecule has 0 unspecified atom stereocenters. The molecule has 0 spiro atoms. The van der Waals surface area contributed by atoms with Crippen molar-refractivity contribution in [2.24, 2.45) is 0 Å². The van der Waals surface area contributed by atoms with Gasteiger partial charge in [0, 0.05) is 18.2 Å². The smallest absolute Gasteiger partial charge is 0.341 e. The molecule has 0 saturated heterocycles. The van der Waals surface area contributed by atoms with Gasteiger partial charge in [0.05, 0.1) is 6.20 Å². The van der Waals surface area contributed by atoms with Crippen LogP contribution in [-0.4, -0.2) is 21.3 Å². The van der Waals surface area contributed by atoms with E-state index in [4.69, 9.17) is 9.84 Å². The van der Waals surface area contributed by atoms with Gasteiger partial charge < -0.3 is 9.84 Å². The van der Waals surface area contributed by atoms with E-state index in [0.717, 1.165) is 12.1 Å². The summed E-state index contributed by atoms with van der Waals surface area (Å²) in [4.78, 5) is 10.8. The van der Waals surface area contributed by atoms with Gasteiger partial charge in [-0.3, -0.25) is 0 Å². The third kappa shape index (κ3) is 2.57. The van der Waals surface area contributed by atoms with E-state index in [9.17, 15) is 13.6 Å². The number of hydrogen-bond acceptors (Lipinski definition) is 4. The molecule has 1 aromatic heterocycles. The molecule has 1 N–H and O–H groups in total. The lowest BCUT2D eigenvalue weighted by atomic mass is 10.3. The lowest BCUT2D eigenvalue weighted by Gasteiger charge is -2.06. The molecule has 2 rings (SSSR count). The Kier molecular flexibility index (Phi) is 3.13. The maximum atomic E-state index is 12.9. The number of benzene rings is 1. The normalized spacial score (nSPS) is 10.1. The average molecular weight is 252 g/mol. The standard InChI is InChI=1S/C11H6F2N2O3/c12-6-3-7(13)5-8(4-6)18-10-9(11(16)17)1-2-14-15-10/h1-5H,(H,16,17). The van der Waals surface area contributed by atoms with Gasteiger partial charge in [-0.25, -0.2) is 13.6 Å². The topological polar surface area (TPSA) is 72.3 Å². The number of aromatic nitrogens is 2. The fourth-order valence-corrected chi connectivity index (χ4v) is 1.26. The summed E-state index contributed by atoms with van der Waals surface area (Å²) in [6.07, 6.45) is 1.17. The number of ether oxygens (including phenoxy) is 1. The van der Waals surface area contributed by atoms with Gasteiger partial charge in [0.2, 0.25) is 0 Å². The molecule has 0 aliphatic heterocycles. The molecule has 0 aliphatic carbocycles. The highest BCUT2D eigenvalue weighted by Gasteiger charge is 2.14. The van der Waals surface area contributed by atoms with Gasteiger partial charge in [-0.05, 0) is 6.07 Å². The molecule has 0 fully saturated rings.